The second kappa shape index (κ2) is 13.2. The van der Waals surface area contributed by atoms with Crippen molar-refractivity contribution in [2.24, 2.45) is 11.8 Å². The molecule has 15 heteroatoms. The number of benzene rings is 1. The quantitative estimate of drug-likeness (QED) is 0.273. The average molecular weight is 583 g/mol. The van der Waals surface area contributed by atoms with Gasteiger partial charge in [0.05, 0.1) is 18.2 Å². The number of fused-ring (bicyclic) bond motifs is 1. The number of nitrogens with zero attached hydrogens (tertiary/aromatic N) is 4. The summed E-state index contributed by atoms with van der Waals surface area (Å²) < 4.78 is 19.4. The maximum absolute atomic E-state index is 12.8. The van der Waals surface area contributed by atoms with Crippen LogP contribution >= 0.6 is 0 Å². The van der Waals surface area contributed by atoms with E-state index in [2.05, 4.69) is 36.2 Å². The maximum Gasteiger partial charge on any atom is 0.324 e. The van der Waals surface area contributed by atoms with Crippen molar-refractivity contribution in [3.8, 4) is 0 Å². The number of hydrogen-bond acceptors (Lipinski definition) is 10. The Hall–Kier alpha value is -4.79. The fourth-order valence-corrected chi connectivity index (χ4v) is 4.11. The highest BCUT2D eigenvalue weighted by Crippen LogP contribution is 2.36. The zero-order valence-corrected chi connectivity index (χ0v) is 23.9. The van der Waals surface area contributed by atoms with Crippen molar-refractivity contribution in [2.45, 2.75) is 52.2 Å². The number of para-hydroxylation sites is 1. The van der Waals surface area contributed by atoms with Gasteiger partial charge in [-0.3, -0.25) is 19.5 Å². The van der Waals surface area contributed by atoms with Crippen LogP contribution in [0.4, 0.5) is 21.1 Å². The molecule has 0 radical (unpaired) electrons. The van der Waals surface area contributed by atoms with E-state index in [4.69, 9.17) is 14.2 Å². The molecule has 4 N–H and O–H groups in total. The molecule has 4 rings (SSSR count). The molecule has 0 bridgehead atoms. The number of carbonyl (C=O) groups is 4. The van der Waals surface area contributed by atoms with Gasteiger partial charge in [0.2, 0.25) is 0 Å². The summed E-state index contributed by atoms with van der Waals surface area (Å²) in [4.78, 5) is 62.9. The molecule has 42 heavy (non-hydrogen) atoms. The largest absolute Gasteiger partial charge is 0.455 e. The van der Waals surface area contributed by atoms with Gasteiger partial charge in [0.15, 0.2) is 35.4 Å². The molecule has 0 spiro atoms. The third-order valence-electron chi connectivity index (χ3n) is 6.32. The topological polar surface area (TPSA) is 188 Å². The molecule has 0 saturated carbocycles. The summed E-state index contributed by atoms with van der Waals surface area (Å²) in [5.41, 5.74) is 1.07. The van der Waals surface area contributed by atoms with Gasteiger partial charge in [0, 0.05) is 19.3 Å². The fraction of sp³-hybridized carbons (Fsp3) is 0.444. The van der Waals surface area contributed by atoms with E-state index < -0.39 is 60.4 Å². The first-order chi connectivity index (χ1) is 20.1. The number of carbonyl (C=O) groups excluding carboxylic acids is 4. The molecule has 0 unspecified atom stereocenters. The van der Waals surface area contributed by atoms with Gasteiger partial charge in [0.1, 0.15) is 12.4 Å². The highest BCUT2D eigenvalue weighted by atomic mass is 16.6. The lowest BCUT2D eigenvalue weighted by Gasteiger charge is -2.26. The normalized spacial score (nSPS) is 19.9. The Labute approximate surface area is 241 Å². The summed E-state index contributed by atoms with van der Waals surface area (Å²) in [7, 11) is 1.46. The molecule has 4 atom stereocenters. The van der Waals surface area contributed by atoms with E-state index in [9.17, 15) is 19.2 Å². The number of nitrogens with one attached hydrogen (secondary N) is 4. The molecule has 0 aliphatic carbocycles. The first-order valence-corrected chi connectivity index (χ1v) is 13.4. The Kier molecular flexibility index (Phi) is 9.52. The highest BCUT2D eigenvalue weighted by molar-refractivity contribution is 6.02. The Morgan fingerprint density at radius 2 is 1.57 bits per heavy atom. The van der Waals surface area contributed by atoms with Crippen LogP contribution in [0.15, 0.2) is 43.0 Å². The first-order valence-electron chi connectivity index (χ1n) is 13.4. The summed E-state index contributed by atoms with van der Waals surface area (Å²) >= 11 is 0. The zero-order chi connectivity index (χ0) is 30.4. The number of amides is 4. The van der Waals surface area contributed by atoms with Gasteiger partial charge in [-0.2, -0.15) is 0 Å². The zero-order valence-electron chi connectivity index (χ0n) is 23.9. The van der Waals surface area contributed by atoms with Gasteiger partial charge in [-0.25, -0.2) is 24.5 Å². The molecule has 1 fully saturated rings. The number of ether oxygens (including phenoxy) is 3. The van der Waals surface area contributed by atoms with Crippen LogP contribution in [-0.4, -0.2) is 75.4 Å². The van der Waals surface area contributed by atoms with E-state index in [1.54, 1.807) is 52.0 Å². The monoisotopic (exact) mass is 582 g/mol. The predicted molar refractivity (Wildman–Crippen MR) is 150 cm³/mol. The fourth-order valence-electron chi connectivity index (χ4n) is 4.11. The Bertz CT molecular complexity index is 1430. The Balaban J connectivity index is 1.68. The summed E-state index contributed by atoms with van der Waals surface area (Å²) in [6.45, 7) is 6.63. The lowest BCUT2D eigenvalue weighted by atomic mass is 10.1. The van der Waals surface area contributed by atoms with E-state index in [1.165, 1.54) is 24.3 Å². The van der Waals surface area contributed by atoms with Crippen molar-refractivity contribution >= 4 is 46.7 Å². The molecule has 3 heterocycles. The van der Waals surface area contributed by atoms with Crippen LogP contribution in [0.25, 0.3) is 11.2 Å². The number of imidazole rings is 1. The minimum Gasteiger partial charge on any atom is -0.455 e. The van der Waals surface area contributed by atoms with Crippen molar-refractivity contribution in [3.63, 3.8) is 0 Å². The standard InChI is InChI=1S/C27H34N8O7/c1-14(2)24(36)41-19-17(11-29-26(38)28-5)40-23(20(19)42-25(37)15(3)4)35-13-32-18-21(30-12-31-22(18)35)34-27(39)33-16-9-7-6-8-10-16/h6-10,12-15,17,19-20,23H,11H2,1-5H3,(H2,28,29,38)(H2,30,31,33,34,39)/t17-,19-,20-,23-/m1/s1. The molecule has 224 valence electrons. The van der Waals surface area contributed by atoms with Crippen molar-refractivity contribution < 1.29 is 33.4 Å². The summed E-state index contributed by atoms with van der Waals surface area (Å²) in [6, 6.07) is 7.85. The minimum absolute atomic E-state index is 0.0595. The SMILES string of the molecule is CNC(=O)NC[C@H]1O[C@@H](n2cnc3c(NC(=O)Nc4ccccc4)ncnc32)[C@H](OC(=O)C(C)C)[C@@H]1OC(=O)C(C)C. The molecule has 1 aromatic carbocycles. The van der Waals surface area contributed by atoms with Gasteiger partial charge in [-0.05, 0) is 12.1 Å². The number of hydrogen-bond donors (Lipinski definition) is 4. The van der Waals surface area contributed by atoms with Crippen LogP contribution in [0.1, 0.15) is 33.9 Å². The second-order valence-corrected chi connectivity index (χ2v) is 10.1. The van der Waals surface area contributed by atoms with Crippen molar-refractivity contribution in [1.82, 2.24) is 30.2 Å². The predicted octanol–water partition coefficient (Wildman–Crippen LogP) is 2.43. The molecule has 15 nitrogen and oxygen atoms in total. The lowest BCUT2D eigenvalue weighted by molar-refractivity contribution is -0.172. The summed E-state index contributed by atoms with van der Waals surface area (Å²) in [5, 5.41) is 10.5. The van der Waals surface area contributed by atoms with Gasteiger partial charge in [-0.15, -0.1) is 0 Å². The molecule has 4 amide bonds. The Morgan fingerprint density at radius 3 is 2.21 bits per heavy atom. The number of rotatable bonds is 9. The van der Waals surface area contributed by atoms with Crippen LogP contribution in [-0.2, 0) is 23.8 Å². The summed E-state index contributed by atoms with van der Waals surface area (Å²) in [5.74, 6) is -1.92. The van der Waals surface area contributed by atoms with Gasteiger partial charge in [0.25, 0.3) is 0 Å². The van der Waals surface area contributed by atoms with E-state index in [-0.39, 0.29) is 23.5 Å². The van der Waals surface area contributed by atoms with Crippen molar-refractivity contribution in [1.29, 1.82) is 0 Å². The van der Waals surface area contributed by atoms with E-state index in [0.717, 1.165) is 0 Å². The molecule has 1 aliphatic heterocycles. The summed E-state index contributed by atoms with van der Waals surface area (Å²) in [6.07, 6.45) is -1.50. The molecule has 1 saturated heterocycles. The molecule has 1 aliphatic rings. The smallest absolute Gasteiger partial charge is 0.324 e. The molecule has 2 aromatic heterocycles. The third kappa shape index (κ3) is 6.91. The van der Waals surface area contributed by atoms with E-state index in [0.29, 0.717) is 5.69 Å². The van der Waals surface area contributed by atoms with Crippen LogP contribution in [0.5, 0.6) is 0 Å². The number of urea groups is 2. The van der Waals surface area contributed by atoms with Gasteiger partial charge < -0.3 is 30.2 Å². The van der Waals surface area contributed by atoms with Crippen LogP contribution in [0, 0.1) is 11.8 Å². The highest BCUT2D eigenvalue weighted by Gasteiger charge is 2.51. The van der Waals surface area contributed by atoms with Gasteiger partial charge in [-0.1, -0.05) is 45.9 Å². The first kappa shape index (κ1) is 30.2. The van der Waals surface area contributed by atoms with Gasteiger partial charge >= 0.3 is 24.0 Å². The van der Waals surface area contributed by atoms with Crippen LogP contribution < -0.4 is 21.3 Å². The van der Waals surface area contributed by atoms with E-state index in [1.807, 2.05) is 6.07 Å². The van der Waals surface area contributed by atoms with Crippen molar-refractivity contribution in [2.75, 3.05) is 24.2 Å². The number of aromatic nitrogens is 4. The second-order valence-electron chi connectivity index (χ2n) is 10.1. The maximum atomic E-state index is 12.8. The van der Waals surface area contributed by atoms with Crippen LogP contribution in [0.2, 0.25) is 0 Å². The van der Waals surface area contributed by atoms with Crippen molar-refractivity contribution in [3.05, 3.63) is 43.0 Å². The third-order valence-corrected chi connectivity index (χ3v) is 6.32. The lowest BCUT2D eigenvalue weighted by Crippen LogP contribution is -2.46. The minimum atomic E-state index is -1.12. The average Bonchev–Trinajstić information content (AvgIpc) is 3.54. The number of anilines is 2. The molecule has 3 aromatic rings. The Morgan fingerprint density at radius 1 is 0.905 bits per heavy atom. The molecular formula is C27H34N8O7. The number of esters is 2. The molecular weight excluding hydrogens is 548 g/mol. The van der Waals surface area contributed by atoms with Crippen LogP contribution in [0.3, 0.4) is 0 Å². The van der Waals surface area contributed by atoms with E-state index >= 15 is 0 Å².